The molecule has 0 saturated heterocycles. The summed E-state index contributed by atoms with van der Waals surface area (Å²) in [6.45, 7) is 6.48. The highest BCUT2D eigenvalue weighted by atomic mass is 19.3. The normalized spacial score (nSPS) is 16.2. The molecule has 0 fully saturated rings. The van der Waals surface area contributed by atoms with Crippen molar-refractivity contribution in [1.82, 2.24) is 9.55 Å². The number of hydrogen-bond donors (Lipinski definition) is 2. The number of nitrogens with zero attached hydrogens (tertiary/aromatic N) is 3. The van der Waals surface area contributed by atoms with Crippen molar-refractivity contribution < 1.29 is 32.2 Å². The SMILES string of the molecule is Cc1cc(C(F)F)c(-c2cc3c(n(C=N)c2=N)N(C(=O)OC(C)(C)C)Cc2c(F)ccc4c2[C@H](CO4)CO3)cn1. The van der Waals surface area contributed by atoms with E-state index < -0.39 is 29.9 Å². The number of aryl methyl sites for hydroxylation is 1. The lowest BCUT2D eigenvalue weighted by molar-refractivity contribution is 0.0574. The smallest absolute Gasteiger partial charge is 0.416 e. The first kappa shape index (κ1) is 27.2. The fourth-order valence-corrected chi connectivity index (χ4v) is 4.95. The number of rotatable bonds is 3. The molecule has 12 heteroatoms. The monoisotopic (exact) mass is 555 g/mol. The second-order valence-corrected chi connectivity index (χ2v) is 10.6. The van der Waals surface area contributed by atoms with Gasteiger partial charge in [0.05, 0.1) is 32.0 Å². The molecule has 0 saturated carbocycles. The quantitative estimate of drug-likeness (QED) is 0.319. The highest BCUT2D eigenvalue weighted by Crippen LogP contribution is 2.43. The van der Waals surface area contributed by atoms with E-state index >= 15 is 4.39 Å². The van der Waals surface area contributed by atoms with Crippen LogP contribution in [0.15, 0.2) is 30.5 Å². The third-order valence-electron chi connectivity index (χ3n) is 6.68. The molecule has 5 rings (SSSR count). The molecular weight excluding hydrogens is 527 g/mol. The summed E-state index contributed by atoms with van der Waals surface area (Å²) in [5, 5.41) is 17.0. The lowest BCUT2D eigenvalue weighted by atomic mass is 9.95. The first-order valence-corrected chi connectivity index (χ1v) is 12.6. The molecule has 0 radical (unpaired) electrons. The summed E-state index contributed by atoms with van der Waals surface area (Å²) in [4.78, 5) is 18.8. The van der Waals surface area contributed by atoms with Crippen LogP contribution in [0.2, 0.25) is 0 Å². The third-order valence-corrected chi connectivity index (χ3v) is 6.68. The number of amides is 1. The Morgan fingerprint density at radius 3 is 2.52 bits per heavy atom. The molecule has 210 valence electrons. The minimum absolute atomic E-state index is 0.00124. The number of carbonyl (C=O) groups excluding carboxylic acids is 1. The average Bonchev–Trinajstić information content (AvgIpc) is 3.31. The predicted molar refractivity (Wildman–Crippen MR) is 140 cm³/mol. The molecule has 2 aliphatic heterocycles. The maximum Gasteiger partial charge on any atom is 0.416 e. The van der Waals surface area contributed by atoms with Gasteiger partial charge in [0.1, 0.15) is 22.7 Å². The van der Waals surface area contributed by atoms with Gasteiger partial charge < -0.3 is 14.2 Å². The summed E-state index contributed by atoms with van der Waals surface area (Å²) >= 11 is 0. The van der Waals surface area contributed by atoms with Crippen molar-refractivity contribution in [2.75, 3.05) is 18.1 Å². The molecule has 0 aliphatic carbocycles. The number of ether oxygens (including phenoxy) is 3. The Kier molecular flexibility index (Phi) is 6.80. The first-order valence-electron chi connectivity index (χ1n) is 12.6. The molecule has 2 aromatic heterocycles. The third kappa shape index (κ3) is 4.78. The van der Waals surface area contributed by atoms with E-state index in [0.717, 1.165) is 15.8 Å². The van der Waals surface area contributed by atoms with E-state index in [2.05, 4.69) is 4.98 Å². The lowest BCUT2D eigenvalue weighted by Gasteiger charge is -2.30. The zero-order valence-electron chi connectivity index (χ0n) is 22.3. The van der Waals surface area contributed by atoms with Gasteiger partial charge in [-0.25, -0.2) is 18.0 Å². The molecular formula is C28H28F3N5O4. The number of nitrogens with one attached hydrogen (secondary N) is 2. The van der Waals surface area contributed by atoms with Crippen molar-refractivity contribution >= 4 is 18.2 Å². The summed E-state index contributed by atoms with van der Waals surface area (Å²) in [5.74, 6) is -0.549. The maximum absolute atomic E-state index is 15.3. The molecule has 1 atom stereocenters. The van der Waals surface area contributed by atoms with Gasteiger partial charge in [0.25, 0.3) is 6.43 Å². The van der Waals surface area contributed by atoms with Gasteiger partial charge in [-0.2, -0.15) is 0 Å². The molecule has 0 spiro atoms. The zero-order chi connectivity index (χ0) is 28.9. The number of aromatic nitrogens is 2. The van der Waals surface area contributed by atoms with E-state index in [-0.39, 0.29) is 59.1 Å². The number of pyridine rings is 2. The van der Waals surface area contributed by atoms with Gasteiger partial charge in [0, 0.05) is 39.7 Å². The number of carbonyl (C=O) groups is 1. The second-order valence-electron chi connectivity index (χ2n) is 10.6. The van der Waals surface area contributed by atoms with Crippen LogP contribution in [0.1, 0.15) is 55.5 Å². The molecule has 2 aliphatic rings. The number of benzene rings is 1. The minimum Gasteiger partial charge on any atom is -0.493 e. The molecule has 0 unspecified atom stereocenters. The number of halogens is 3. The average molecular weight is 556 g/mol. The van der Waals surface area contributed by atoms with E-state index in [1.807, 2.05) is 0 Å². The molecule has 9 nitrogen and oxygen atoms in total. The van der Waals surface area contributed by atoms with Crippen LogP contribution >= 0.6 is 0 Å². The van der Waals surface area contributed by atoms with E-state index in [9.17, 15) is 13.6 Å². The summed E-state index contributed by atoms with van der Waals surface area (Å²) in [6.07, 6.45) is -1.72. The van der Waals surface area contributed by atoms with Crippen molar-refractivity contribution in [3.05, 3.63) is 64.2 Å². The van der Waals surface area contributed by atoms with E-state index in [4.69, 9.17) is 25.0 Å². The highest BCUT2D eigenvalue weighted by Gasteiger charge is 2.37. The zero-order valence-corrected chi connectivity index (χ0v) is 22.3. The fraction of sp³-hybridized carbons (Fsp3) is 0.357. The summed E-state index contributed by atoms with van der Waals surface area (Å²) in [7, 11) is 0. The predicted octanol–water partition coefficient (Wildman–Crippen LogP) is 5.68. The van der Waals surface area contributed by atoms with Crippen LogP contribution in [0, 0.1) is 23.6 Å². The van der Waals surface area contributed by atoms with Crippen LogP contribution < -0.4 is 19.9 Å². The van der Waals surface area contributed by atoms with Crippen LogP contribution in [0.4, 0.5) is 23.8 Å². The van der Waals surface area contributed by atoms with Crippen LogP contribution in [-0.2, 0) is 11.3 Å². The standard InChI is InChI=1S/C28H28F3N5O4/c1-14-7-16(24(30)31)18(9-34-14)17-8-22-26(36(13-32)25(17)33)35(27(37)40-28(2,3)4)10-19-20(29)5-6-21-23(19)15(11-38-21)12-39-22/h5-9,13,15,24,32-33H,10-12H2,1-4H3/t15-/m1/s1. The van der Waals surface area contributed by atoms with Gasteiger partial charge in [-0.15, -0.1) is 0 Å². The van der Waals surface area contributed by atoms with Gasteiger partial charge in [-0.05, 0) is 52.0 Å². The maximum atomic E-state index is 15.3. The Hall–Kier alpha value is -4.35. The fourth-order valence-electron chi connectivity index (χ4n) is 4.95. The van der Waals surface area contributed by atoms with Crippen LogP contribution in [-0.4, -0.2) is 40.8 Å². The second kappa shape index (κ2) is 10.00. The number of anilines is 1. The van der Waals surface area contributed by atoms with Crippen molar-refractivity contribution in [3.8, 4) is 22.6 Å². The molecule has 1 aromatic carbocycles. The van der Waals surface area contributed by atoms with Crippen molar-refractivity contribution in [2.45, 2.75) is 52.2 Å². The molecule has 0 bridgehead atoms. The van der Waals surface area contributed by atoms with Crippen LogP contribution in [0.25, 0.3) is 11.1 Å². The topological polar surface area (TPSA) is 114 Å². The van der Waals surface area contributed by atoms with Crippen LogP contribution in [0.3, 0.4) is 0 Å². The molecule has 4 heterocycles. The molecule has 40 heavy (non-hydrogen) atoms. The van der Waals surface area contributed by atoms with Crippen molar-refractivity contribution in [1.29, 1.82) is 10.8 Å². The van der Waals surface area contributed by atoms with Gasteiger partial charge >= 0.3 is 6.09 Å². The minimum atomic E-state index is -2.86. The van der Waals surface area contributed by atoms with Crippen molar-refractivity contribution in [3.63, 3.8) is 0 Å². The van der Waals surface area contributed by atoms with Crippen molar-refractivity contribution in [2.24, 2.45) is 0 Å². The Bertz CT molecular complexity index is 1580. The Morgan fingerprint density at radius 2 is 1.88 bits per heavy atom. The van der Waals surface area contributed by atoms with E-state index in [0.29, 0.717) is 17.0 Å². The van der Waals surface area contributed by atoms with Crippen LogP contribution in [0.5, 0.6) is 11.5 Å². The van der Waals surface area contributed by atoms with Gasteiger partial charge in [0.2, 0.25) is 0 Å². The Morgan fingerprint density at radius 1 is 1.18 bits per heavy atom. The molecule has 1 amide bonds. The number of alkyl halides is 2. The number of hydrogen-bond acceptors (Lipinski definition) is 7. The van der Waals surface area contributed by atoms with Gasteiger partial charge in [0.15, 0.2) is 11.6 Å². The molecule has 3 aromatic rings. The van der Waals surface area contributed by atoms with E-state index in [1.165, 1.54) is 30.5 Å². The number of fused-ring (bicyclic) bond motifs is 1. The Balaban J connectivity index is 1.79. The van der Waals surface area contributed by atoms with E-state index in [1.54, 1.807) is 27.7 Å². The summed E-state index contributed by atoms with van der Waals surface area (Å²) in [6, 6.07) is 5.38. The summed E-state index contributed by atoms with van der Waals surface area (Å²) in [5.41, 5.74) is -0.533. The largest absolute Gasteiger partial charge is 0.493 e. The highest BCUT2D eigenvalue weighted by molar-refractivity contribution is 5.91. The first-order chi connectivity index (χ1) is 18.9. The van der Waals surface area contributed by atoms with Gasteiger partial charge in [-0.1, -0.05) is 0 Å². The van der Waals surface area contributed by atoms with Gasteiger partial charge in [-0.3, -0.25) is 25.3 Å². The molecule has 2 N–H and O–H groups in total. The lowest BCUT2D eigenvalue weighted by Crippen LogP contribution is -2.40. The summed E-state index contributed by atoms with van der Waals surface area (Å²) < 4.78 is 62.0. The Labute approximate surface area is 228 Å².